The van der Waals surface area contributed by atoms with Gasteiger partial charge in [0.25, 0.3) is 11.8 Å². The van der Waals surface area contributed by atoms with Gasteiger partial charge >= 0.3 is 5.88 Å². The molecule has 20 heavy (non-hydrogen) atoms. The van der Waals surface area contributed by atoms with Crippen LogP contribution in [-0.4, -0.2) is 33.3 Å². The lowest BCUT2D eigenvalue weighted by Gasteiger charge is -2.27. The van der Waals surface area contributed by atoms with Crippen LogP contribution in [0.15, 0.2) is 22.1 Å². The van der Waals surface area contributed by atoms with Crippen LogP contribution in [0.4, 0.5) is 5.88 Å². The molecule has 9 heteroatoms. The summed E-state index contributed by atoms with van der Waals surface area (Å²) in [6.07, 6.45) is 1.15. The van der Waals surface area contributed by atoms with Crippen LogP contribution < -0.4 is 5.32 Å². The number of thiocarbonyl (C=S) groups is 1. The zero-order valence-electron chi connectivity index (χ0n) is 10.3. The fourth-order valence-corrected chi connectivity index (χ4v) is 1.95. The largest absolute Gasteiger partial charge is 0.433 e. The maximum absolute atomic E-state index is 12.1. The first-order chi connectivity index (χ1) is 9.43. The van der Waals surface area contributed by atoms with E-state index < -0.39 is 22.6 Å². The second-order valence-corrected chi connectivity index (χ2v) is 4.19. The molecule has 0 spiro atoms. The van der Waals surface area contributed by atoms with E-state index in [2.05, 4.69) is 5.32 Å². The molecule has 0 unspecified atom stereocenters. The molecule has 8 nitrogen and oxygen atoms in total. The minimum Gasteiger partial charge on any atom is -0.401 e. The minimum absolute atomic E-state index is 0.0325. The number of carbonyl (C=O) groups is 2. The Morgan fingerprint density at radius 1 is 1.50 bits per heavy atom. The third-order valence-corrected chi connectivity index (χ3v) is 2.90. The minimum atomic E-state index is -0.710. The first-order valence-corrected chi connectivity index (χ1v) is 5.98. The highest BCUT2D eigenvalue weighted by atomic mass is 32.1. The standard InChI is InChI=1S/C11H9N3O5S/c1-2-13-10(16)7(9(15)12-11(13)20)5-6-3-4-8(19-6)14(17)18/h3-5H,2H2,1H3,(H,12,15,20)/b7-5-. The van der Waals surface area contributed by atoms with Crippen molar-refractivity contribution in [3.05, 3.63) is 33.6 Å². The third kappa shape index (κ3) is 2.43. The molecule has 0 aliphatic carbocycles. The van der Waals surface area contributed by atoms with Gasteiger partial charge in [-0.25, -0.2) is 0 Å². The Hall–Kier alpha value is -2.55. The highest BCUT2D eigenvalue weighted by Gasteiger charge is 2.32. The maximum atomic E-state index is 12.1. The van der Waals surface area contributed by atoms with Gasteiger partial charge in [0.15, 0.2) is 5.11 Å². The summed E-state index contributed by atoms with van der Waals surface area (Å²) < 4.78 is 4.88. The van der Waals surface area contributed by atoms with E-state index in [0.29, 0.717) is 6.54 Å². The van der Waals surface area contributed by atoms with E-state index >= 15 is 0 Å². The van der Waals surface area contributed by atoms with E-state index in [9.17, 15) is 19.7 Å². The number of nitrogens with zero attached hydrogens (tertiary/aromatic N) is 2. The molecule has 1 aromatic heterocycles. The molecule has 0 aromatic carbocycles. The summed E-state index contributed by atoms with van der Waals surface area (Å²) in [7, 11) is 0. The number of hydrogen-bond donors (Lipinski definition) is 1. The maximum Gasteiger partial charge on any atom is 0.433 e. The average Bonchev–Trinajstić information content (AvgIpc) is 2.83. The van der Waals surface area contributed by atoms with Gasteiger partial charge in [0, 0.05) is 6.54 Å². The second kappa shape index (κ2) is 5.21. The summed E-state index contributed by atoms with van der Waals surface area (Å²) in [6.45, 7) is 2.00. The SMILES string of the molecule is CCN1C(=O)/C(=C\c2ccc([N+](=O)[O-])o2)C(=O)NC1=S. The van der Waals surface area contributed by atoms with Crippen molar-refractivity contribution < 1.29 is 18.9 Å². The van der Waals surface area contributed by atoms with Crippen LogP contribution in [0.5, 0.6) is 0 Å². The lowest BCUT2D eigenvalue weighted by molar-refractivity contribution is -0.402. The van der Waals surface area contributed by atoms with E-state index in [4.69, 9.17) is 16.6 Å². The van der Waals surface area contributed by atoms with Crippen molar-refractivity contribution in [1.82, 2.24) is 10.2 Å². The molecule has 0 bridgehead atoms. The molecule has 1 aliphatic heterocycles. The van der Waals surface area contributed by atoms with E-state index in [-0.39, 0.29) is 16.4 Å². The summed E-state index contributed by atoms with van der Waals surface area (Å²) in [5.74, 6) is -1.66. The molecule has 0 saturated carbocycles. The van der Waals surface area contributed by atoms with Crippen molar-refractivity contribution in [3.63, 3.8) is 0 Å². The quantitative estimate of drug-likeness (QED) is 0.291. The summed E-state index contributed by atoms with van der Waals surface area (Å²) in [6, 6.07) is 2.44. The van der Waals surface area contributed by atoms with E-state index in [1.807, 2.05) is 0 Å². The van der Waals surface area contributed by atoms with Gasteiger partial charge in [-0.05, 0) is 31.3 Å². The molecule has 1 N–H and O–H groups in total. The number of amides is 2. The number of rotatable bonds is 3. The van der Waals surface area contributed by atoms with Crippen LogP contribution >= 0.6 is 12.2 Å². The van der Waals surface area contributed by atoms with Gasteiger partial charge in [0.05, 0.1) is 6.07 Å². The zero-order chi connectivity index (χ0) is 14.9. The Bertz CT molecular complexity index is 648. The molecular weight excluding hydrogens is 286 g/mol. The first kappa shape index (κ1) is 13.9. The zero-order valence-corrected chi connectivity index (χ0v) is 11.1. The Morgan fingerprint density at radius 2 is 2.20 bits per heavy atom. The number of carbonyl (C=O) groups excluding carboxylic acids is 2. The Kier molecular flexibility index (Phi) is 3.61. The summed E-state index contributed by atoms with van der Waals surface area (Å²) in [5, 5.41) is 12.9. The van der Waals surface area contributed by atoms with Crippen molar-refractivity contribution in [2.45, 2.75) is 6.92 Å². The van der Waals surface area contributed by atoms with Gasteiger partial charge in [0.2, 0.25) is 0 Å². The lowest BCUT2D eigenvalue weighted by atomic mass is 10.1. The molecule has 0 radical (unpaired) electrons. The molecule has 2 heterocycles. The van der Waals surface area contributed by atoms with Gasteiger partial charge in [-0.3, -0.25) is 29.9 Å². The van der Waals surface area contributed by atoms with Crippen molar-refractivity contribution in [1.29, 1.82) is 0 Å². The van der Waals surface area contributed by atoms with Crippen LogP contribution in [0.3, 0.4) is 0 Å². The summed E-state index contributed by atoms with van der Waals surface area (Å²) in [5.41, 5.74) is -0.190. The molecular formula is C11H9N3O5S. The average molecular weight is 295 g/mol. The van der Waals surface area contributed by atoms with Crippen LogP contribution in [0.1, 0.15) is 12.7 Å². The van der Waals surface area contributed by atoms with Crippen molar-refractivity contribution in [2.24, 2.45) is 0 Å². The number of nitro groups is 1. The fourth-order valence-electron chi connectivity index (χ4n) is 1.64. The van der Waals surface area contributed by atoms with Crippen LogP contribution in [-0.2, 0) is 9.59 Å². The van der Waals surface area contributed by atoms with E-state index in [1.54, 1.807) is 6.92 Å². The summed E-state index contributed by atoms with van der Waals surface area (Å²) in [4.78, 5) is 34.8. The van der Waals surface area contributed by atoms with Crippen molar-refractivity contribution >= 4 is 41.1 Å². The third-order valence-electron chi connectivity index (χ3n) is 2.58. The number of furan rings is 1. The molecule has 0 atom stereocenters. The van der Waals surface area contributed by atoms with Gasteiger partial charge in [-0.1, -0.05) is 0 Å². The predicted molar refractivity (Wildman–Crippen MR) is 71.5 cm³/mol. The van der Waals surface area contributed by atoms with Gasteiger partial charge in [-0.15, -0.1) is 0 Å². The van der Waals surface area contributed by atoms with E-state index in [0.717, 1.165) is 12.1 Å². The van der Waals surface area contributed by atoms with Crippen LogP contribution in [0, 0.1) is 10.1 Å². The molecule has 104 valence electrons. The molecule has 2 amide bonds. The topological polar surface area (TPSA) is 106 Å². The smallest absolute Gasteiger partial charge is 0.401 e. The molecule has 1 aliphatic rings. The molecule has 2 rings (SSSR count). The van der Waals surface area contributed by atoms with Crippen LogP contribution in [0.25, 0.3) is 6.08 Å². The van der Waals surface area contributed by atoms with Crippen molar-refractivity contribution in [2.75, 3.05) is 6.54 Å². The van der Waals surface area contributed by atoms with Crippen molar-refractivity contribution in [3.8, 4) is 0 Å². The van der Waals surface area contributed by atoms with Crippen LogP contribution in [0.2, 0.25) is 0 Å². The van der Waals surface area contributed by atoms with Gasteiger partial charge < -0.3 is 4.42 Å². The fraction of sp³-hybridized carbons (Fsp3) is 0.182. The highest BCUT2D eigenvalue weighted by Crippen LogP contribution is 2.20. The first-order valence-electron chi connectivity index (χ1n) is 5.57. The van der Waals surface area contributed by atoms with Gasteiger partial charge in [0.1, 0.15) is 16.3 Å². The Balaban J connectivity index is 2.36. The number of hydrogen-bond acceptors (Lipinski definition) is 6. The molecule has 1 saturated heterocycles. The Labute approximate surface area is 118 Å². The molecule has 1 aromatic rings. The van der Waals surface area contributed by atoms with Gasteiger partial charge in [-0.2, -0.15) is 0 Å². The second-order valence-electron chi connectivity index (χ2n) is 3.80. The Morgan fingerprint density at radius 3 is 2.75 bits per heavy atom. The number of nitrogens with one attached hydrogen (secondary N) is 1. The molecule has 1 fully saturated rings. The normalized spacial score (nSPS) is 17.6. The lowest BCUT2D eigenvalue weighted by Crippen LogP contribution is -2.53. The monoisotopic (exact) mass is 295 g/mol. The predicted octanol–water partition coefficient (Wildman–Crippen LogP) is 0.834. The highest BCUT2D eigenvalue weighted by molar-refractivity contribution is 7.80. The van der Waals surface area contributed by atoms with E-state index in [1.165, 1.54) is 11.0 Å². The summed E-state index contributed by atoms with van der Waals surface area (Å²) >= 11 is 4.87. The number of likely N-dealkylation sites (N-methyl/N-ethyl adjacent to an activating group) is 1.